The van der Waals surface area contributed by atoms with Crippen molar-refractivity contribution in [1.29, 1.82) is 0 Å². The monoisotopic (exact) mass is 241 g/mol. The van der Waals surface area contributed by atoms with Crippen LogP contribution in [0.3, 0.4) is 0 Å². The summed E-state index contributed by atoms with van der Waals surface area (Å²) in [5.41, 5.74) is 1.10. The van der Waals surface area contributed by atoms with E-state index in [1.807, 2.05) is 6.20 Å². The number of amides is 1. The Kier molecular flexibility index (Phi) is 3.19. The Bertz CT molecular complexity index is 361. The van der Waals surface area contributed by atoms with Crippen LogP contribution in [0.25, 0.3) is 0 Å². The first kappa shape index (κ1) is 11.5. The Morgan fingerprint density at radius 3 is 3.00 bits per heavy atom. The maximum atomic E-state index is 11.7. The average molecular weight is 242 g/mol. The minimum atomic E-state index is 0. The van der Waals surface area contributed by atoms with Gasteiger partial charge in [0.25, 0.3) is 0 Å². The van der Waals surface area contributed by atoms with Crippen LogP contribution < -0.4 is 5.32 Å². The standard InChI is InChI=1S/C11H15N3O.ClH/c15-11(13-4-7-1-2-7)9-3-8(9)10-5-12-6-14-10;/h5-9H,1-4H2,(H,12,14)(H,13,15);1H/t8-,9-;/m1./s1. The fourth-order valence-corrected chi connectivity index (χ4v) is 2.00. The number of aromatic nitrogens is 2. The van der Waals surface area contributed by atoms with Gasteiger partial charge in [0.2, 0.25) is 5.91 Å². The van der Waals surface area contributed by atoms with E-state index < -0.39 is 0 Å². The molecule has 0 bridgehead atoms. The van der Waals surface area contributed by atoms with E-state index in [1.165, 1.54) is 12.8 Å². The van der Waals surface area contributed by atoms with Crippen molar-refractivity contribution < 1.29 is 4.79 Å². The predicted molar refractivity (Wildman–Crippen MR) is 62.4 cm³/mol. The zero-order chi connectivity index (χ0) is 10.3. The smallest absolute Gasteiger partial charge is 0.223 e. The van der Waals surface area contributed by atoms with Gasteiger partial charge in [-0.25, -0.2) is 4.98 Å². The van der Waals surface area contributed by atoms with Crippen LogP contribution in [0.2, 0.25) is 0 Å². The predicted octanol–water partition coefficient (Wildman–Crippen LogP) is 1.46. The molecule has 16 heavy (non-hydrogen) atoms. The molecule has 0 radical (unpaired) electrons. The van der Waals surface area contributed by atoms with Crippen molar-refractivity contribution in [1.82, 2.24) is 15.3 Å². The second-order valence-electron chi connectivity index (χ2n) is 4.64. The maximum Gasteiger partial charge on any atom is 0.223 e. The third kappa shape index (κ3) is 2.38. The number of halogens is 1. The van der Waals surface area contributed by atoms with Crippen LogP contribution in [-0.4, -0.2) is 22.4 Å². The van der Waals surface area contributed by atoms with Crippen molar-refractivity contribution in [2.45, 2.75) is 25.2 Å². The number of carbonyl (C=O) groups is 1. The van der Waals surface area contributed by atoms with Crippen molar-refractivity contribution in [3.05, 3.63) is 18.2 Å². The zero-order valence-electron chi connectivity index (χ0n) is 8.98. The highest BCUT2D eigenvalue weighted by atomic mass is 35.5. The number of nitrogens with zero attached hydrogens (tertiary/aromatic N) is 1. The van der Waals surface area contributed by atoms with Gasteiger partial charge in [0.05, 0.1) is 6.33 Å². The van der Waals surface area contributed by atoms with Crippen LogP contribution in [0, 0.1) is 11.8 Å². The molecule has 1 aromatic rings. The van der Waals surface area contributed by atoms with E-state index in [2.05, 4.69) is 15.3 Å². The number of carbonyl (C=O) groups excluding carboxylic acids is 1. The summed E-state index contributed by atoms with van der Waals surface area (Å²) in [6, 6.07) is 0. The van der Waals surface area contributed by atoms with Crippen LogP contribution in [0.4, 0.5) is 0 Å². The molecular weight excluding hydrogens is 226 g/mol. The molecule has 1 heterocycles. The molecule has 88 valence electrons. The van der Waals surface area contributed by atoms with Gasteiger partial charge in [-0.15, -0.1) is 12.4 Å². The van der Waals surface area contributed by atoms with Crippen LogP contribution in [0.1, 0.15) is 30.9 Å². The van der Waals surface area contributed by atoms with Gasteiger partial charge < -0.3 is 10.3 Å². The van der Waals surface area contributed by atoms with Crippen LogP contribution in [0.5, 0.6) is 0 Å². The van der Waals surface area contributed by atoms with Gasteiger partial charge in [0, 0.05) is 30.3 Å². The molecule has 2 N–H and O–H groups in total. The third-order valence-electron chi connectivity index (χ3n) is 3.31. The Morgan fingerprint density at radius 1 is 1.56 bits per heavy atom. The van der Waals surface area contributed by atoms with Crippen LogP contribution in [-0.2, 0) is 4.79 Å². The maximum absolute atomic E-state index is 11.7. The summed E-state index contributed by atoms with van der Waals surface area (Å²) in [4.78, 5) is 18.7. The lowest BCUT2D eigenvalue weighted by atomic mass is 10.2. The van der Waals surface area contributed by atoms with Crippen molar-refractivity contribution in [2.75, 3.05) is 6.54 Å². The molecule has 0 unspecified atom stereocenters. The van der Waals surface area contributed by atoms with Crippen molar-refractivity contribution >= 4 is 18.3 Å². The van der Waals surface area contributed by atoms with Gasteiger partial charge in [0.1, 0.15) is 0 Å². The van der Waals surface area contributed by atoms with E-state index in [0.29, 0.717) is 5.92 Å². The lowest BCUT2D eigenvalue weighted by Gasteiger charge is -2.02. The fraction of sp³-hybridized carbons (Fsp3) is 0.636. The van der Waals surface area contributed by atoms with Gasteiger partial charge >= 0.3 is 0 Å². The Hall–Kier alpha value is -1.03. The molecule has 5 heteroatoms. The van der Waals surface area contributed by atoms with E-state index in [9.17, 15) is 4.79 Å². The average Bonchev–Trinajstić information content (AvgIpc) is 3.16. The number of H-pyrrole nitrogens is 1. The molecule has 0 aromatic carbocycles. The molecule has 1 aromatic heterocycles. The summed E-state index contributed by atoms with van der Waals surface area (Å²) in [6.07, 6.45) is 7.04. The molecular formula is C11H16ClN3O. The summed E-state index contributed by atoms with van der Waals surface area (Å²) in [6.45, 7) is 0.880. The summed E-state index contributed by atoms with van der Waals surface area (Å²) in [5, 5.41) is 3.03. The second kappa shape index (κ2) is 4.45. The SMILES string of the molecule is Cl.O=C(NCC1CC1)[C@@H]1C[C@H]1c1cnc[nH]1. The highest BCUT2D eigenvalue weighted by Crippen LogP contribution is 2.46. The first-order valence-electron chi connectivity index (χ1n) is 5.60. The highest BCUT2D eigenvalue weighted by Gasteiger charge is 2.44. The molecule has 2 aliphatic carbocycles. The third-order valence-corrected chi connectivity index (χ3v) is 3.31. The molecule has 0 spiro atoms. The molecule has 2 saturated carbocycles. The van der Waals surface area contributed by atoms with E-state index in [1.54, 1.807) is 6.33 Å². The van der Waals surface area contributed by atoms with Crippen molar-refractivity contribution in [3.63, 3.8) is 0 Å². The quantitative estimate of drug-likeness (QED) is 0.839. The fourth-order valence-electron chi connectivity index (χ4n) is 2.00. The second-order valence-corrected chi connectivity index (χ2v) is 4.64. The molecule has 2 fully saturated rings. The minimum absolute atomic E-state index is 0. The lowest BCUT2D eigenvalue weighted by Crippen LogP contribution is -2.27. The van der Waals surface area contributed by atoms with Crippen LogP contribution >= 0.6 is 12.4 Å². The largest absolute Gasteiger partial charge is 0.356 e. The Morgan fingerprint density at radius 2 is 2.38 bits per heavy atom. The lowest BCUT2D eigenvalue weighted by molar-refractivity contribution is -0.122. The molecule has 0 aliphatic heterocycles. The molecule has 0 saturated heterocycles. The van der Waals surface area contributed by atoms with Gasteiger partial charge in [0.15, 0.2) is 0 Å². The van der Waals surface area contributed by atoms with E-state index in [0.717, 1.165) is 24.6 Å². The number of nitrogens with one attached hydrogen (secondary N) is 2. The number of imidazole rings is 1. The summed E-state index contributed by atoms with van der Waals surface area (Å²) in [5.74, 6) is 1.55. The molecule has 4 nitrogen and oxygen atoms in total. The highest BCUT2D eigenvalue weighted by molar-refractivity contribution is 5.85. The minimum Gasteiger partial charge on any atom is -0.356 e. The zero-order valence-corrected chi connectivity index (χ0v) is 9.80. The normalized spacial score (nSPS) is 27.0. The van der Waals surface area contributed by atoms with Crippen LogP contribution in [0.15, 0.2) is 12.5 Å². The summed E-state index contributed by atoms with van der Waals surface area (Å²) >= 11 is 0. The van der Waals surface area contributed by atoms with Crippen molar-refractivity contribution in [3.8, 4) is 0 Å². The Balaban J connectivity index is 0.000000963. The van der Waals surface area contributed by atoms with E-state index >= 15 is 0 Å². The number of aromatic amines is 1. The van der Waals surface area contributed by atoms with Gasteiger partial charge in [-0.2, -0.15) is 0 Å². The summed E-state index contributed by atoms with van der Waals surface area (Å²) < 4.78 is 0. The van der Waals surface area contributed by atoms with Gasteiger partial charge in [-0.1, -0.05) is 0 Å². The molecule has 3 rings (SSSR count). The Labute approximate surface area is 101 Å². The van der Waals surface area contributed by atoms with Gasteiger partial charge in [-0.3, -0.25) is 4.79 Å². The topological polar surface area (TPSA) is 57.8 Å². The summed E-state index contributed by atoms with van der Waals surface area (Å²) in [7, 11) is 0. The molecule has 1 amide bonds. The van der Waals surface area contributed by atoms with Crippen molar-refractivity contribution in [2.24, 2.45) is 11.8 Å². The molecule has 2 atom stereocenters. The van der Waals surface area contributed by atoms with E-state index in [4.69, 9.17) is 0 Å². The molecule has 2 aliphatic rings. The number of hydrogen-bond acceptors (Lipinski definition) is 2. The first-order valence-corrected chi connectivity index (χ1v) is 5.60. The van der Waals surface area contributed by atoms with Gasteiger partial charge in [-0.05, 0) is 25.2 Å². The number of rotatable bonds is 4. The number of hydrogen-bond donors (Lipinski definition) is 2. The first-order chi connectivity index (χ1) is 7.34. The van der Waals surface area contributed by atoms with E-state index in [-0.39, 0.29) is 24.2 Å².